The Hall–Kier alpha value is -2.69. The second kappa shape index (κ2) is 9.13. The van der Waals surface area contributed by atoms with Gasteiger partial charge in [0.1, 0.15) is 6.10 Å². The van der Waals surface area contributed by atoms with Gasteiger partial charge in [0.2, 0.25) is 12.4 Å². The third-order valence-corrected chi connectivity index (χ3v) is 3.16. The molecule has 1 unspecified atom stereocenters. The molecule has 1 aliphatic heterocycles. The van der Waals surface area contributed by atoms with Crippen LogP contribution in [0.5, 0.6) is 0 Å². The van der Waals surface area contributed by atoms with Crippen molar-refractivity contribution in [3.05, 3.63) is 0 Å². The summed E-state index contributed by atoms with van der Waals surface area (Å²) >= 11 is 0. The molecule has 1 heterocycles. The molecule has 0 saturated carbocycles. The molecule has 0 aliphatic carbocycles. The Labute approximate surface area is 148 Å². The van der Waals surface area contributed by atoms with Crippen molar-refractivity contribution >= 4 is 29.8 Å². The molecule has 1 rings (SSSR count). The maximum atomic E-state index is 11.5. The average molecular weight is 376 g/mol. The molecule has 0 aromatic carbocycles. The fourth-order valence-corrected chi connectivity index (χ4v) is 2.45. The van der Waals surface area contributed by atoms with E-state index < -0.39 is 67.0 Å². The van der Waals surface area contributed by atoms with Crippen LogP contribution in [0.3, 0.4) is 0 Å². The molecule has 5 atom stereocenters. The van der Waals surface area contributed by atoms with E-state index in [-0.39, 0.29) is 0 Å². The van der Waals surface area contributed by atoms with Crippen molar-refractivity contribution in [2.75, 3.05) is 0 Å². The quantitative estimate of drug-likeness (QED) is 0.473. The third-order valence-electron chi connectivity index (χ3n) is 3.16. The Kier molecular flexibility index (Phi) is 7.50. The van der Waals surface area contributed by atoms with Gasteiger partial charge in [-0.2, -0.15) is 0 Å². The largest absolute Gasteiger partial charge is 0.481 e. The fraction of sp³-hybridized carbons (Fsp3) is 0.667. The van der Waals surface area contributed by atoms with Gasteiger partial charge in [0.15, 0.2) is 12.2 Å². The number of aliphatic carboxylic acids is 1. The molecule has 0 amide bonds. The lowest BCUT2D eigenvalue weighted by atomic mass is 9.96. The van der Waals surface area contributed by atoms with Gasteiger partial charge in [-0.1, -0.05) is 0 Å². The van der Waals surface area contributed by atoms with Crippen LogP contribution in [0.1, 0.15) is 34.1 Å². The number of carbonyl (C=O) groups is 5. The van der Waals surface area contributed by atoms with Gasteiger partial charge in [0.25, 0.3) is 0 Å². The highest BCUT2D eigenvalue weighted by Crippen LogP contribution is 2.31. The number of ether oxygens (including phenoxy) is 5. The summed E-state index contributed by atoms with van der Waals surface area (Å²) in [5.41, 5.74) is 0. The monoisotopic (exact) mass is 376 g/mol. The maximum Gasteiger partial charge on any atom is 0.306 e. The number of esters is 4. The van der Waals surface area contributed by atoms with E-state index in [4.69, 9.17) is 28.8 Å². The number of carboxylic acid groups (broad SMARTS) is 1. The van der Waals surface area contributed by atoms with Crippen molar-refractivity contribution in [2.45, 2.75) is 64.8 Å². The Balaban J connectivity index is 3.32. The van der Waals surface area contributed by atoms with Crippen LogP contribution < -0.4 is 0 Å². The molecule has 26 heavy (non-hydrogen) atoms. The van der Waals surface area contributed by atoms with Gasteiger partial charge < -0.3 is 28.8 Å². The first kappa shape index (κ1) is 21.4. The lowest BCUT2D eigenvalue weighted by Gasteiger charge is -2.43. The van der Waals surface area contributed by atoms with Gasteiger partial charge >= 0.3 is 29.8 Å². The summed E-state index contributed by atoms with van der Waals surface area (Å²) in [6.45, 7) is 4.22. The minimum absolute atomic E-state index is 0.653. The van der Waals surface area contributed by atoms with Gasteiger partial charge in [-0.3, -0.25) is 24.0 Å². The van der Waals surface area contributed by atoms with E-state index in [1.807, 2.05) is 0 Å². The van der Waals surface area contributed by atoms with Crippen LogP contribution in [-0.2, 0) is 47.7 Å². The normalized spacial score (nSPS) is 27.8. The highest BCUT2D eigenvalue weighted by molar-refractivity contribution is 5.70. The molecule has 11 nitrogen and oxygen atoms in total. The van der Waals surface area contributed by atoms with Gasteiger partial charge in [-0.15, -0.1) is 0 Å². The molecule has 0 bridgehead atoms. The van der Waals surface area contributed by atoms with Gasteiger partial charge in [-0.05, 0) is 0 Å². The predicted octanol–water partition coefficient (Wildman–Crippen LogP) is -0.456. The molecule has 1 fully saturated rings. The number of rotatable bonds is 6. The predicted molar refractivity (Wildman–Crippen MR) is 79.3 cm³/mol. The lowest BCUT2D eigenvalue weighted by Crippen LogP contribution is -2.62. The lowest BCUT2D eigenvalue weighted by molar-refractivity contribution is -0.296. The second-order valence-electron chi connectivity index (χ2n) is 5.47. The van der Waals surface area contributed by atoms with Crippen LogP contribution in [0, 0.1) is 0 Å². The first-order chi connectivity index (χ1) is 12.0. The summed E-state index contributed by atoms with van der Waals surface area (Å²) in [6.07, 6.45) is -7.84. The SMILES string of the molecule is CC(=O)OC1O[C@H](CC(=O)O)[C@H](OC(C)=O)[C@@H](OC(C)=O)[C@@H]1OC(C)=O. The number of hydrogen-bond acceptors (Lipinski definition) is 10. The molecule has 0 aromatic heterocycles. The molecule has 1 aliphatic rings. The van der Waals surface area contributed by atoms with Crippen molar-refractivity contribution in [1.82, 2.24) is 0 Å². The third kappa shape index (κ3) is 6.31. The summed E-state index contributed by atoms with van der Waals surface area (Å²) in [4.78, 5) is 56.7. The van der Waals surface area contributed by atoms with Crippen molar-refractivity contribution in [1.29, 1.82) is 0 Å². The van der Waals surface area contributed by atoms with E-state index in [2.05, 4.69) is 0 Å². The second-order valence-corrected chi connectivity index (χ2v) is 5.47. The highest BCUT2D eigenvalue weighted by Gasteiger charge is 2.53. The van der Waals surface area contributed by atoms with Gasteiger partial charge in [-0.25, -0.2) is 0 Å². The molecular formula is C15H20O11. The molecule has 0 aromatic rings. The van der Waals surface area contributed by atoms with Gasteiger partial charge in [0.05, 0.1) is 6.42 Å². The zero-order valence-corrected chi connectivity index (χ0v) is 14.6. The Bertz CT molecular complexity index is 542. The minimum atomic E-state index is -1.56. The van der Waals surface area contributed by atoms with Gasteiger partial charge in [0, 0.05) is 27.7 Å². The standard InChI is InChI=1S/C15H20O11/c1-6(16)22-12-10(5-11(20)21)26-15(25-9(4)19)14(24-8(3)18)13(12)23-7(2)17/h10,12-15H,5H2,1-4H3,(H,20,21)/t10-,12+,13-,14+,15?/m1/s1. The van der Waals surface area contributed by atoms with Crippen LogP contribution >= 0.6 is 0 Å². The summed E-state index contributed by atoms with van der Waals surface area (Å²) < 4.78 is 25.5. The molecule has 146 valence electrons. The molecule has 0 spiro atoms. The average Bonchev–Trinajstić information content (AvgIpc) is 2.44. The number of hydrogen-bond donors (Lipinski definition) is 1. The Morgan fingerprint density at radius 2 is 1.15 bits per heavy atom. The fourth-order valence-electron chi connectivity index (χ4n) is 2.45. The molecular weight excluding hydrogens is 356 g/mol. The molecule has 1 saturated heterocycles. The first-order valence-electron chi connectivity index (χ1n) is 7.57. The smallest absolute Gasteiger partial charge is 0.306 e. The van der Waals surface area contributed by atoms with E-state index in [1.165, 1.54) is 0 Å². The van der Waals surface area contributed by atoms with Crippen molar-refractivity contribution < 1.29 is 52.8 Å². The zero-order chi connectivity index (χ0) is 20.0. The summed E-state index contributed by atoms with van der Waals surface area (Å²) in [5.74, 6) is -4.55. The first-order valence-corrected chi connectivity index (χ1v) is 7.57. The summed E-state index contributed by atoms with van der Waals surface area (Å²) in [5, 5.41) is 9.04. The van der Waals surface area contributed by atoms with Crippen LogP contribution in [0.4, 0.5) is 0 Å². The maximum absolute atomic E-state index is 11.5. The zero-order valence-electron chi connectivity index (χ0n) is 14.6. The number of carbonyl (C=O) groups excluding carboxylic acids is 4. The highest BCUT2D eigenvalue weighted by atomic mass is 16.7. The molecule has 11 heteroatoms. The van der Waals surface area contributed by atoms with Crippen LogP contribution in [0.2, 0.25) is 0 Å². The van der Waals surface area contributed by atoms with E-state index in [0.717, 1.165) is 27.7 Å². The summed E-state index contributed by atoms with van der Waals surface area (Å²) in [6, 6.07) is 0. The van der Waals surface area contributed by atoms with Crippen molar-refractivity contribution in [2.24, 2.45) is 0 Å². The van der Waals surface area contributed by atoms with E-state index >= 15 is 0 Å². The van der Waals surface area contributed by atoms with Crippen molar-refractivity contribution in [3.63, 3.8) is 0 Å². The number of carboxylic acids is 1. The van der Waals surface area contributed by atoms with Crippen LogP contribution in [-0.4, -0.2) is 65.7 Å². The Morgan fingerprint density at radius 3 is 1.58 bits per heavy atom. The molecule has 0 radical (unpaired) electrons. The summed E-state index contributed by atoms with van der Waals surface area (Å²) in [7, 11) is 0. The van der Waals surface area contributed by atoms with Crippen LogP contribution in [0.15, 0.2) is 0 Å². The van der Waals surface area contributed by atoms with E-state index in [9.17, 15) is 24.0 Å². The van der Waals surface area contributed by atoms with Crippen LogP contribution in [0.25, 0.3) is 0 Å². The van der Waals surface area contributed by atoms with Crippen molar-refractivity contribution in [3.8, 4) is 0 Å². The van der Waals surface area contributed by atoms with E-state index in [0.29, 0.717) is 0 Å². The topological polar surface area (TPSA) is 152 Å². The Morgan fingerprint density at radius 1 is 0.731 bits per heavy atom. The van der Waals surface area contributed by atoms with E-state index in [1.54, 1.807) is 0 Å². The minimum Gasteiger partial charge on any atom is -0.481 e. The molecule has 1 N–H and O–H groups in total.